The number of nitrogens with zero attached hydrogens (tertiary/aromatic N) is 7. The number of amidine groups is 1. The molecule has 2 aromatic rings. The van der Waals surface area contributed by atoms with Gasteiger partial charge in [0.2, 0.25) is 5.91 Å². The minimum absolute atomic E-state index is 0.0251. The number of hydrogen-bond acceptors (Lipinski definition) is 11. The SMILES string of the molecule is CN1C=NC(c2ccc(OCCN3CCNC(=O)C3)c(C#N)c2)=NC1Nc1ccc(N2CCN(C3COC3)CC2)cc1. The molecule has 1 unspecified atom stereocenters. The van der Waals surface area contributed by atoms with Crippen LogP contribution in [0.5, 0.6) is 5.75 Å². The van der Waals surface area contributed by atoms with Crippen LogP contribution in [0.25, 0.3) is 0 Å². The van der Waals surface area contributed by atoms with Gasteiger partial charge in [-0.1, -0.05) is 0 Å². The van der Waals surface area contributed by atoms with Crippen LogP contribution >= 0.6 is 0 Å². The average Bonchev–Trinajstić information content (AvgIpc) is 2.98. The molecule has 4 aliphatic heterocycles. The van der Waals surface area contributed by atoms with Crippen molar-refractivity contribution in [3.63, 3.8) is 0 Å². The van der Waals surface area contributed by atoms with Gasteiger partial charge >= 0.3 is 0 Å². The summed E-state index contributed by atoms with van der Waals surface area (Å²) in [5.41, 5.74) is 3.35. The summed E-state index contributed by atoms with van der Waals surface area (Å²) in [5, 5.41) is 16.1. The molecule has 6 rings (SSSR count). The van der Waals surface area contributed by atoms with Gasteiger partial charge in [-0.15, -0.1) is 0 Å². The molecule has 2 aromatic carbocycles. The summed E-state index contributed by atoms with van der Waals surface area (Å²) in [7, 11) is 1.92. The molecule has 0 bridgehead atoms. The van der Waals surface area contributed by atoms with Crippen LogP contribution in [-0.2, 0) is 9.53 Å². The molecule has 3 fully saturated rings. The Labute approximate surface area is 246 Å². The van der Waals surface area contributed by atoms with Crippen LogP contribution in [0.1, 0.15) is 11.1 Å². The molecule has 12 nitrogen and oxygen atoms in total. The highest BCUT2D eigenvalue weighted by atomic mass is 16.5. The third-order valence-electron chi connectivity index (χ3n) is 8.11. The lowest BCUT2D eigenvalue weighted by atomic mass is 10.1. The number of nitriles is 1. The standard InChI is InChI=1S/C30H37N9O3/c1-36-21-33-29(22-2-7-27(23(16-22)17-31)42-15-14-37-9-8-32-28(40)18-37)35-30(36)34-24-3-5-25(6-4-24)38-10-12-39(13-11-38)26-19-41-20-26/h2-7,16,21,26,30,34H,8-15,18-20H2,1H3,(H,32,40). The van der Waals surface area contributed by atoms with Gasteiger partial charge in [0, 0.05) is 69.8 Å². The Morgan fingerprint density at radius 1 is 1.12 bits per heavy atom. The first kappa shape index (κ1) is 28.0. The molecule has 0 aliphatic carbocycles. The van der Waals surface area contributed by atoms with E-state index in [2.05, 4.69) is 55.8 Å². The van der Waals surface area contributed by atoms with Gasteiger partial charge < -0.3 is 29.9 Å². The van der Waals surface area contributed by atoms with Gasteiger partial charge in [-0.2, -0.15) is 5.26 Å². The summed E-state index contributed by atoms with van der Waals surface area (Å²) in [6.45, 7) is 8.71. The van der Waals surface area contributed by atoms with Crippen molar-refractivity contribution in [2.24, 2.45) is 9.98 Å². The highest BCUT2D eigenvalue weighted by molar-refractivity contribution is 6.04. The molecule has 220 valence electrons. The van der Waals surface area contributed by atoms with Gasteiger partial charge in [0.1, 0.15) is 18.4 Å². The number of amides is 1. The van der Waals surface area contributed by atoms with Crippen molar-refractivity contribution in [3.8, 4) is 11.8 Å². The zero-order valence-corrected chi connectivity index (χ0v) is 23.9. The van der Waals surface area contributed by atoms with E-state index in [0.717, 1.165) is 57.2 Å². The minimum atomic E-state index is -0.347. The zero-order valence-electron chi connectivity index (χ0n) is 23.9. The minimum Gasteiger partial charge on any atom is -0.491 e. The fraction of sp³-hybridized carbons (Fsp3) is 0.467. The van der Waals surface area contributed by atoms with E-state index in [9.17, 15) is 10.1 Å². The second-order valence-corrected chi connectivity index (χ2v) is 10.9. The third kappa shape index (κ3) is 6.49. The molecule has 0 aromatic heterocycles. The zero-order chi connectivity index (χ0) is 28.9. The van der Waals surface area contributed by atoms with E-state index in [-0.39, 0.29) is 12.2 Å². The third-order valence-corrected chi connectivity index (χ3v) is 8.11. The lowest BCUT2D eigenvalue weighted by molar-refractivity contribution is -0.124. The van der Waals surface area contributed by atoms with Gasteiger partial charge in [0.05, 0.1) is 37.7 Å². The van der Waals surface area contributed by atoms with Crippen LogP contribution in [0.2, 0.25) is 0 Å². The van der Waals surface area contributed by atoms with Gasteiger partial charge in [0.15, 0.2) is 12.1 Å². The molecular formula is C30H37N9O3. The number of anilines is 2. The monoisotopic (exact) mass is 571 g/mol. The van der Waals surface area contributed by atoms with Crippen LogP contribution in [0.4, 0.5) is 11.4 Å². The first-order valence-electron chi connectivity index (χ1n) is 14.5. The van der Waals surface area contributed by atoms with Gasteiger partial charge in [-0.3, -0.25) is 14.6 Å². The van der Waals surface area contributed by atoms with Crippen LogP contribution in [0.15, 0.2) is 52.4 Å². The van der Waals surface area contributed by atoms with Gasteiger partial charge in [-0.25, -0.2) is 9.98 Å². The molecule has 4 aliphatic rings. The molecular weight excluding hydrogens is 534 g/mol. The van der Waals surface area contributed by atoms with E-state index in [1.54, 1.807) is 18.5 Å². The predicted octanol–water partition coefficient (Wildman–Crippen LogP) is 1.01. The molecule has 3 saturated heterocycles. The number of carbonyl (C=O) groups is 1. The Morgan fingerprint density at radius 3 is 2.64 bits per heavy atom. The van der Waals surface area contributed by atoms with Crippen molar-refractivity contribution in [2.45, 2.75) is 12.3 Å². The fourth-order valence-electron chi connectivity index (χ4n) is 5.48. The number of ether oxygens (including phenoxy) is 2. The van der Waals surface area contributed by atoms with E-state index in [0.29, 0.717) is 49.4 Å². The topological polar surface area (TPSA) is 121 Å². The molecule has 0 radical (unpaired) electrons. The Bertz CT molecular complexity index is 1360. The summed E-state index contributed by atoms with van der Waals surface area (Å²) in [5.74, 6) is 1.07. The molecule has 2 N–H and O–H groups in total. The largest absolute Gasteiger partial charge is 0.491 e. The summed E-state index contributed by atoms with van der Waals surface area (Å²) in [6, 6.07) is 16.7. The Morgan fingerprint density at radius 2 is 1.93 bits per heavy atom. The molecule has 12 heteroatoms. The number of hydrogen-bond donors (Lipinski definition) is 2. The summed E-state index contributed by atoms with van der Waals surface area (Å²) >= 11 is 0. The molecule has 0 spiro atoms. The van der Waals surface area contributed by atoms with Crippen molar-refractivity contribution in [1.82, 2.24) is 20.0 Å². The van der Waals surface area contributed by atoms with Gasteiger partial charge in [-0.05, 0) is 42.5 Å². The van der Waals surface area contributed by atoms with Crippen LogP contribution in [0.3, 0.4) is 0 Å². The van der Waals surface area contributed by atoms with Crippen LogP contribution in [-0.4, -0.2) is 124 Å². The number of benzene rings is 2. The quantitative estimate of drug-likeness (QED) is 0.454. The number of rotatable bonds is 9. The maximum atomic E-state index is 11.6. The van der Waals surface area contributed by atoms with Crippen LogP contribution < -0.4 is 20.3 Å². The molecule has 1 atom stereocenters. The van der Waals surface area contributed by atoms with Crippen molar-refractivity contribution >= 4 is 29.5 Å². The lowest BCUT2D eigenvalue weighted by Gasteiger charge is -2.43. The number of nitrogens with one attached hydrogen (secondary N) is 2. The normalized spacial score (nSPS) is 21.8. The van der Waals surface area contributed by atoms with Crippen LogP contribution in [0, 0.1) is 11.3 Å². The number of piperazine rings is 2. The van der Waals surface area contributed by atoms with E-state index >= 15 is 0 Å². The average molecular weight is 572 g/mol. The molecule has 1 amide bonds. The Balaban J connectivity index is 1.05. The van der Waals surface area contributed by atoms with Crippen molar-refractivity contribution in [3.05, 3.63) is 53.6 Å². The Kier molecular flexibility index (Phi) is 8.50. The van der Waals surface area contributed by atoms with E-state index in [1.807, 2.05) is 22.9 Å². The second kappa shape index (κ2) is 12.8. The highest BCUT2D eigenvalue weighted by Crippen LogP contribution is 2.24. The smallest absolute Gasteiger partial charge is 0.234 e. The summed E-state index contributed by atoms with van der Waals surface area (Å²) in [6.07, 6.45) is 1.39. The number of carbonyl (C=O) groups excluding carboxylic acids is 1. The molecule has 4 heterocycles. The predicted molar refractivity (Wildman–Crippen MR) is 161 cm³/mol. The summed E-state index contributed by atoms with van der Waals surface area (Å²) < 4.78 is 11.2. The van der Waals surface area contributed by atoms with Gasteiger partial charge in [0.25, 0.3) is 0 Å². The Hall–Kier alpha value is -4.18. The van der Waals surface area contributed by atoms with Crippen molar-refractivity contribution in [1.29, 1.82) is 5.26 Å². The van der Waals surface area contributed by atoms with Crippen molar-refractivity contribution < 1.29 is 14.3 Å². The summed E-state index contributed by atoms with van der Waals surface area (Å²) in [4.78, 5) is 29.8. The van der Waals surface area contributed by atoms with E-state index in [4.69, 9.17) is 14.5 Å². The highest BCUT2D eigenvalue weighted by Gasteiger charge is 2.29. The maximum Gasteiger partial charge on any atom is 0.234 e. The van der Waals surface area contributed by atoms with E-state index < -0.39 is 0 Å². The number of aliphatic imine (C=N–C) groups is 2. The lowest BCUT2D eigenvalue weighted by Crippen LogP contribution is -2.56. The molecule has 0 saturated carbocycles. The van der Waals surface area contributed by atoms with E-state index in [1.165, 1.54) is 5.69 Å². The second-order valence-electron chi connectivity index (χ2n) is 10.9. The van der Waals surface area contributed by atoms with Crippen molar-refractivity contribution in [2.75, 3.05) is 89.4 Å². The molecule has 42 heavy (non-hydrogen) atoms. The first-order chi connectivity index (χ1) is 20.6. The fourth-order valence-corrected chi connectivity index (χ4v) is 5.48. The first-order valence-corrected chi connectivity index (χ1v) is 14.5. The maximum absolute atomic E-state index is 11.6.